The Morgan fingerprint density at radius 2 is 1.83 bits per heavy atom. The maximum atomic E-state index is 12.6. The normalized spacial score (nSPS) is 21.3. The Bertz CT molecular complexity index is 854. The van der Waals surface area contributed by atoms with Gasteiger partial charge < -0.3 is 5.11 Å². The van der Waals surface area contributed by atoms with Gasteiger partial charge in [-0.25, -0.2) is 0 Å². The molecule has 0 atom stereocenters. The van der Waals surface area contributed by atoms with E-state index >= 15 is 0 Å². The predicted octanol–water partition coefficient (Wildman–Crippen LogP) is 5.52. The summed E-state index contributed by atoms with van der Waals surface area (Å²) in [5.41, 5.74) is 1.82. The van der Waals surface area contributed by atoms with Gasteiger partial charge in [0.25, 0.3) is 0 Å². The maximum absolute atomic E-state index is 12.6. The first-order valence-corrected chi connectivity index (χ1v) is 8.42. The topological polar surface area (TPSA) is 49.7 Å². The molecule has 2 aromatic rings. The summed E-state index contributed by atoms with van der Waals surface area (Å²) < 4.78 is 0. The Hall–Kier alpha value is -2.42. The number of benzene rings is 2. The molecule has 1 fully saturated rings. The van der Waals surface area contributed by atoms with Crippen LogP contribution in [0.4, 0.5) is 5.69 Å². The number of rotatable bonds is 2. The lowest BCUT2D eigenvalue weighted by Crippen LogP contribution is -2.32. The van der Waals surface area contributed by atoms with Crippen molar-refractivity contribution in [3.05, 3.63) is 53.8 Å². The molecular weight excluding hydrogens is 298 g/mol. The number of nitrogens with zero attached hydrogens (tertiary/aromatic N) is 1. The summed E-state index contributed by atoms with van der Waals surface area (Å²) in [5, 5.41) is 12.4. The molecule has 0 spiro atoms. The van der Waals surface area contributed by atoms with Crippen molar-refractivity contribution in [2.24, 2.45) is 10.4 Å². The van der Waals surface area contributed by atoms with Crippen molar-refractivity contribution in [1.82, 2.24) is 0 Å². The SMILES string of the molecule is CC/C(O)=C1/C(=O)CC(C)(C)CC1=Nc1cccc2ccccc12. The van der Waals surface area contributed by atoms with E-state index in [1.165, 1.54) is 0 Å². The highest BCUT2D eigenvalue weighted by atomic mass is 16.3. The molecule has 3 nitrogen and oxygen atoms in total. The van der Waals surface area contributed by atoms with Crippen molar-refractivity contribution < 1.29 is 9.90 Å². The highest BCUT2D eigenvalue weighted by molar-refractivity contribution is 6.25. The molecule has 1 aliphatic carbocycles. The Kier molecular flexibility index (Phi) is 4.27. The molecule has 124 valence electrons. The van der Waals surface area contributed by atoms with Crippen LogP contribution < -0.4 is 0 Å². The largest absolute Gasteiger partial charge is 0.512 e. The summed E-state index contributed by atoms with van der Waals surface area (Å²) in [6, 6.07) is 14.1. The molecule has 0 radical (unpaired) electrons. The molecule has 1 saturated carbocycles. The minimum atomic E-state index is -0.141. The van der Waals surface area contributed by atoms with Crippen LogP contribution in [0.3, 0.4) is 0 Å². The molecule has 0 heterocycles. The van der Waals surface area contributed by atoms with Gasteiger partial charge in [0, 0.05) is 18.2 Å². The van der Waals surface area contributed by atoms with Crippen LogP contribution in [0.1, 0.15) is 40.0 Å². The molecule has 1 aliphatic rings. The molecule has 0 amide bonds. The predicted molar refractivity (Wildman–Crippen MR) is 99.0 cm³/mol. The van der Waals surface area contributed by atoms with Gasteiger partial charge in [-0.1, -0.05) is 57.2 Å². The first kappa shape index (κ1) is 16.4. The molecular formula is C21H23NO2. The fourth-order valence-electron chi connectivity index (χ4n) is 3.34. The van der Waals surface area contributed by atoms with Crippen molar-refractivity contribution in [1.29, 1.82) is 0 Å². The van der Waals surface area contributed by atoms with E-state index in [1.807, 2.05) is 37.3 Å². The van der Waals surface area contributed by atoms with E-state index in [-0.39, 0.29) is 17.0 Å². The highest BCUT2D eigenvalue weighted by Crippen LogP contribution is 2.37. The van der Waals surface area contributed by atoms with Crippen molar-refractivity contribution >= 4 is 28.0 Å². The Morgan fingerprint density at radius 1 is 1.12 bits per heavy atom. The lowest BCUT2D eigenvalue weighted by Gasteiger charge is -2.31. The second kappa shape index (κ2) is 6.23. The van der Waals surface area contributed by atoms with Gasteiger partial charge in [0.2, 0.25) is 0 Å². The summed E-state index contributed by atoms with van der Waals surface area (Å²) in [5.74, 6) is 0.138. The van der Waals surface area contributed by atoms with Gasteiger partial charge in [-0.15, -0.1) is 0 Å². The number of aliphatic hydroxyl groups excluding tert-OH is 1. The molecule has 0 bridgehead atoms. The molecule has 0 aliphatic heterocycles. The van der Waals surface area contributed by atoms with Crippen LogP contribution in [-0.2, 0) is 4.79 Å². The average molecular weight is 321 g/mol. The number of hydrogen-bond donors (Lipinski definition) is 1. The standard InChI is InChI=1S/C21H23NO2/c1-4-18(23)20-17(12-21(2,3)13-19(20)24)22-16-11-7-9-14-8-5-6-10-15(14)16/h5-11,23H,4,12-13H2,1-3H3/b20-18-,22-17?. The van der Waals surface area contributed by atoms with Crippen molar-refractivity contribution in [3.63, 3.8) is 0 Å². The smallest absolute Gasteiger partial charge is 0.168 e. The number of allylic oxidation sites excluding steroid dienone is 2. The van der Waals surface area contributed by atoms with E-state index < -0.39 is 0 Å². The zero-order valence-corrected chi connectivity index (χ0v) is 14.5. The Balaban J connectivity index is 2.19. The van der Waals surface area contributed by atoms with Crippen molar-refractivity contribution in [3.8, 4) is 0 Å². The third kappa shape index (κ3) is 3.12. The van der Waals surface area contributed by atoms with Gasteiger partial charge >= 0.3 is 0 Å². The minimum Gasteiger partial charge on any atom is -0.512 e. The third-order valence-electron chi connectivity index (χ3n) is 4.50. The number of ketones is 1. The van der Waals surface area contributed by atoms with Crippen LogP contribution in [0, 0.1) is 5.41 Å². The first-order valence-electron chi connectivity index (χ1n) is 8.42. The average Bonchev–Trinajstić information content (AvgIpc) is 2.53. The zero-order valence-electron chi connectivity index (χ0n) is 14.5. The molecule has 24 heavy (non-hydrogen) atoms. The second-order valence-electron chi connectivity index (χ2n) is 7.17. The monoisotopic (exact) mass is 321 g/mol. The minimum absolute atomic E-state index is 0.00964. The van der Waals surface area contributed by atoms with Gasteiger partial charge in [0.05, 0.1) is 17.0 Å². The van der Waals surface area contributed by atoms with E-state index in [2.05, 4.69) is 26.0 Å². The van der Waals surface area contributed by atoms with Gasteiger partial charge in [-0.2, -0.15) is 0 Å². The van der Waals surface area contributed by atoms with Crippen molar-refractivity contribution in [2.45, 2.75) is 40.0 Å². The van der Waals surface area contributed by atoms with E-state index in [1.54, 1.807) is 0 Å². The maximum Gasteiger partial charge on any atom is 0.168 e. The number of aliphatic imine (C=N–C) groups is 1. The summed E-state index contributed by atoms with van der Waals surface area (Å²) in [4.78, 5) is 17.4. The van der Waals surface area contributed by atoms with Crippen LogP contribution in [0.2, 0.25) is 0 Å². The number of Topliss-reactive ketones (excluding diaryl/α,β-unsaturated/α-hetero) is 1. The van der Waals surface area contributed by atoms with Crippen LogP contribution in [0.15, 0.2) is 58.8 Å². The van der Waals surface area contributed by atoms with Crippen LogP contribution in [0.5, 0.6) is 0 Å². The number of fused-ring (bicyclic) bond motifs is 1. The lowest BCUT2D eigenvalue weighted by atomic mass is 9.73. The number of carbonyl (C=O) groups is 1. The number of carbonyl (C=O) groups excluding carboxylic acids is 1. The highest BCUT2D eigenvalue weighted by Gasteiger charge is 2.36. The zero-order chi connectivity index (χ0) is 17.3. The Labute approximate surface area is 142 Å². The van der Waals surface area contributed by atoms with E-state index in [0.717, 1.165) is 16.5 Å². The molecule has 0 aromatic heterocycles. The van der Waals surface area contributed by atoms with Gasteiger partial charge in [-0.05, 0) is 23.3 Å². The fraction of sp³-hybridized carbons (Fsp3) is 0.333. The van der Waals surface area contributed by atoms with E-state index in [9.17, 15) is 9.90 Å². The molecule has 2 aromatic carbocycles. The summed E-state index contributed by atoms with van der Waals surface area (Å²) in [7, 11) is 0. The van der Waals surface area contributed by atoms with Crippen LogP contribution >= 0.6 is 0 Å². The number of aliphatic hydroxyl groups is 1. The molecule has 0 unspecified atom stereocenters. The summed E-state index contributed by atoms with van der Waals surface area (Å²) in [6.45, 7) is 6.00. The third-order valence-corrected chi connectivity index (χ3v) is 4.50. The quantitative estimate of drug-likeness (QED) is 0.584. The summed E-state index contributed by atoms with van der Waals surface area (Å²) >= 11 is 0. The van der Waals surface area contributed by atoms with Gasteiger partial charge in [0.15, 0.2) is 5.78 Å². The molecule has 0 saturated heterocycles. The van der Waals surface area contributed by atoms with Crippen LogP contribution in [0.25, 0.3) is 10.8 Å². The first-order chi connectivity index (χ1) is 11.4. The van der Waals surface area contributed by atoms with Crippen LogP contribution in [-0.4, -0.2) is 16.6 Å². The molecule has 3 heteroatoms. The van der Waals surface area contributed by atoms with E-state index in [4.69, 9.17) is 4.99 Å². The molecule has 3 rings (SSSR count). The van der Waals surface area contributed by atoms with Gasteiger partial charge in [-0.3, -0.25) is 9.79 Å². The van der Waals surface area contributed by atoms with Gasteiger partial charge in [0.1, 0.15) is 5.76 Å². The lowest BCUT2D eigenvalue weighted by molar-refractivity contribution is -0.117. The fourth-order valence-corrected chi connectivity index (χ4v) is 3.34. The summed E-state index contributed by atoms with van der Waals surface area (Å²) in [6.07, 6.45) is 1.57. The molecule has 1 N–H and O–H groups in total. The number of hydrogen-bond acceptors (Lipinski definition) is 3. The Morgan fingerprint density at radius 3 is 2.58 bits per heavy atom. The van der Waals surface area contributed by atoms with Crippen molar-refractivity contribution in [2.75, 3.05) is 0 Å². The van der Waals surface area contributed by atoms with E-state index in [0.29, 0.717) is 30.5 Å². The second-order valence-corrected chi connectivity index (χ2v) is 7.17.